The molecule has 2 aromatic carbocycles. The number of fused-ring (bicyclic) bond motifs is 1. The van der Waals surface area contributed by atoms with Crippen LogP contribution in [0.3, 0.4) is 0 Å². The van der Waals surface area contributed by atoms with E-state index in [1.165, 1.54) is 0 Å². The van der Waals surface area contributed by atoms with Crippen molar-refractivity contribution in [3.05, 3.63) is 90.6 Å². The Kier molecular flexibility index (Phi) is 6.70. The molecule has 5 rings (SSSR count). The van der Waals surface area contributed by atoms with Crippen LogP contribution in [0.4, 0.5) is 5.82 Å². The van der Waals surface area contributed by atoms with E-state index in [0.717, 1.165) is 35.1 Å². The van der Waals surface area contributed by atoms with Gasteiger partial charge in [-0.3, -0.25) is 9.59 Å². The van der Waals surface area contributed by atoms with E-state index < -0.39 is 0 Å². The van der Waals surface area contributed by atoms with Gasteiger partial charge in [0.25, 0.3) is 11.8 Å². The summed E-state index contributed by atoms with van der Waals surface area (Å²) in [6.07, 6.45) is 7.87. The number of carbonyl (C=O) groups is 2. The number of hydrogen-bond acceptors (Lipinski definition) is 5. The number of rotatable bonds is 7. The van der Waals surface area contributed by atoms with Crippen molar-refractivity contribution in [1.82, 2.24) is 24.8 Å². The number of anilines is 1. The van der Waals surface area contributed by atoms with Crippen LogP contribution in [0.2, 0.25) is 0 Å². The molecule has 0 radical (unpaired) electrons. The fraction of sp³-hybridized carbons (Fsp3) is 0.259. The zero-order valence-electron chi connectivity index (χ0n) is 19.5. The molecule has 0 bridgehead atoms. The topological polar surface area (TPSA) is 83.4 Å². The molecular weight excluding hydrogens is 440 g/mol. The average molecular weight is 469 g/mol. The largest absolute Gasteiger partial charge is 0.353 e. The van der Waals surface area contributed by atoms with Crippen molar-refractivity contribution in [1.29, 1.82) is 0 Å². The Morgan fingerprint density at radius 3 is 2.46 bits per heavy atom. The minimum Gasteiger partial charge on any atom is -0.353 e. The number of benzene rings is 2. The molecule has 178 valence electrons. The Bertz CT molecular complexity index is 1300. The molecule has 0 unspecified atom stereocenters. The third-order valence-corrected chi connectivity index (χ3v) is 6.34. The first-order valence-corrected chi connectivity index (χ1v) is 11.9. The van der Waals surface area contributed by atoms with Gasteiger partial charge >= 0.3 is 0 Å². The van der Waals surface area contributed by atoms with Gasteiger partial charge in [-0.25, -0.2) is 9.97 Å². The zero-order chi connectivity index (χ0) is 24.0. The molecule has 1 aliphatic heterocycles. The van der Waals surface area contributed by atoms with Gasteiger partial charge in [0.2, 0.25) is 0 Å². The molecule has 2 aromatic heterocycles. The Morgan fingerprint density at radius 1 is 0.914 bits per heavy atom. The molecule has 3 heterocycles. The highest BCUT2D eigenvalue weighted by atomic mass is 16.2. The number of aromatic nitrogens is 3. The molecule has 0 atom stereocenters. The predicted molar refractivity (Wildman–Crippen MR) is 135 cm³/mol. The van der Waals surface area contributed by atoms with Crippen LogP contribution in [0.25, 0.3) is 10.8 Å². The van der Waals surface area contributed by atoms with Crippen molar-refractivity contribution in [3.63, 3.8) is 0 Å². The van der Waals surface area contributed by atoms with E-state index in [0.29, 0.717) is 38.3 Å². The molecule has 1 N–H and O–H groups in total. The second-order valence-corrected chi connectivity index (χ2v) is 8.66. The van der Waals surface area contributed by atoms with Crippen LogP contribution >= 0.6 is 0 Å². The van der Waals surface area contributed by atoms with Crippen LogP contribution in [0.5, 0.6) is 0 Å². The van der Waals surface area contributed by atoms with Gasteiger partial charge in [0.05, 0.1) is 11.9 Å². The summed E-state index contributed by atoms with van der Waals surface area (Å²) in [4.78, 5) is 38.0. The maximum absolute atomic E-state index is 13.0. The van der Waals surface area contributed by atoms with Gasteiger partial charge in [-0.1, -0.05) is 30.3 Å². The maximum atomic E-state index is 13.0. The van der Waals surface area contributed by atoms with E-state index in [4.69, 9.17) is 0 Å². The first-order chi connectivity index (χ1) is 17.2. The Morgan fingerprint density at radius 2 is 1.71 bits per heavy atom. The fourth-order valence-electron chi connectivity index (χ4n) is 4.34. The van der Waals surface area contributed by atoms with Crippen LogP contribution in [0.1, 0.15) is 27.1 Å². The first kappa shape index (κ1) is 22.6. The van der Waals surface area contributed by atoms with Gasteiger partial charge in [0.15, 0.2) is 0 Å². The standard InChI is InChI=1S/C27H28N6O2/c34-26(29-10-3-12-31-13-11-28-20-31)24-8-9-25(30-19-24)32-14-16-33(17-15-32)27(35)23-7-6-21-4-1-2-5-22(21)18-23/h1-2,4-9,11,13,18-20H,3,10,12,14-17H2,(H,29,34). The van der Waals surface area contributed by atoms with Crippen LogP contribution in [0.15, 0.2) is 79.5 Å². The normalized spacial score (nSPS) is 13.7. The van der Waals surface area contributed by atoms with Crippen LogP contribution in [-0.2, 0) is 6.54 Å². The second kappa shape index (κ2) is 10.4. The molecule has 0 aliphatic carbocycles. The van der Waals surface area contributed by atoms with E-state index in [2.05, 4.69) is 20.2 Å². The van der Waals surface area contributed by atoms with Gasteiger partial charge < -0.3 is 19.7 Å². The first-order valence-electron chi connectivity index (χ1n) is 11.9. The average Bonchev–Trinajstić information content (AvgIpc) is 3.44. The van der Waals surface area contributed by atoms with Crippen LogP contribution in [0, 0.1) is 0 Å². The fourth-order valence-corrected chi connectivity index (χ4v) is 4.34. The van der Waals surface area contributed by atoms with Crippen molar-refractivity contribution in [2.75, 3.05) is 37.6 Å². The molecule has 35 heavy (non-hydrogen) atoms. The third-order valence-electron chi connectivity index (χ3n) is 6.34. The lowest BCUT2D eigenvalue weighted by molar-refractivity contribution is 0.0746. The molecular formula is C27H28N6O2. The Hall–Kier alpha value is -4.20. The zero-order valence-corrected chi connectivity index (χ0v) is 19.5. The SMILES string of the molecule is O=C(NCCCn1ccnc1)c1ccc(N2CCN(C(=O)c3ccc4ccccc4c3)CC2)nc1. The molecule has 0 spiro atoms. The number of aryl methyl sites for hydroxylation is 1. The molecule has 1 saturated heterocycles. The number of nitrogens with one attached hydrogen (secondary N) is 1. The number of carbonyl (C=O) groups excluding carboxylic acids is 2. The van der Waals surface area contributed by atoms with Crippen molar-refractivity contribution in [2.24, 2.45) is 0 Å². The Balaban J connectivity index is 1.11. The van der Waals surface area contributed by atoms with Crippen molar-refractivity contribution in [2.45, 2.75) is 13.0 Å². The van der Waals surface area contributed by atoms with Gasteiger partial charge in [-0.2, -0.15) is 0 Å². The summed E-state index contributed by atoms with van der Waals surface area (Å²) in [5, 5.41) is 5.14. The molecule has 1 fully saturated rings. The minimum absolute atomic E-state index is 0.0587. The number of piperazine rings is 1. The predicted octanol–water partition coefficient (Wildman–Crippen LogP) is 3.21. The molecule has 0 saturated carbocycles. The summed E-state index contributed by atoms with van der Waals surface area (Å²) in [6.45, 7) is 4.07. The third kappa shape index (κ3) is 5.32. The minimum atomic E-state index is -0.125. The summed E-state index contributed by atoms with van der Waals surface area (Å²) in [6, 6.07) is 17.6. The van der Waals surface area contributed by atoms with Gasteiger partial charge in [-0.15, -0.1) is 0 Å². The van der Waals surface area contributed by atoms with E-state index in [1.807, 2.05) is 64.2 Å². The number of hydrogen-bond donors (Lipinski definition) is 1. The highest BCUT2D eigenvalue weighted by molar-refractivity contribution is 5.98. The van der Waals surface area contributed by atoms with Crippen molar-refractivity contribution >= 4 is 28.4 Å². The van der Waals surface area contributed by atoms with Gasteiger partial charge in [-0.05, 0) is 41.5 Å². The highest BCUT2D eigenvalue weighted by Gasteiger charge is 2.23. The van der Waals surface area contributed by atoms with Crippen molar-refractivity contribution in [3.8, 4) is 0 Å². The monoisotopic (exact) mass is 468 g/mol. The second-order valence-electron chi connectivity index (χ2n) is 8.66. The van der Waals surface area contributed by atoms with Crippen LogP contribution in [-0.4, -0.2) is 64.0 Å². The van der Waals surface area contributed by atoms with Crippen molar-refractivity contribution < 1.29 is 9.59 Å². The highest BCUT2D eigenvalue weighted by Crippen LogP contribution is 2.19. The number of amides is 2. The van der Waals surface area contributed by atoms with Gasteiger partial charge in [0.1, 0.15) is 5.82 Å². The molecule has 1 aliphatic rings. The number of pyridine rings is 1. The van der Waals surface area contributed by atoms with E-state index in [-0.39, 0.29) is 11.8 Å². The Labute approximate surface area is 204 Å². The molecule has 4 aromatic rings. The smallest absolute Gasteiger partial charge is 0.253 e. The summed E-state index contributed by atoms with van der Waals surface area (Å²) >= 11 is 0. The summed E-state index contributed by atoms with van der Waals surface area (Å²) in [5.74, 6) is 0.753. The summed E-state index contributed by atoms with van der Waals surface area (Å²) < 4.78 is 1.98. The lowest BCUT2D eigenvalue weighted by Crippen LogP contribution is -2.49. The lowest BCUT2D eigenvalue weighted by atomic mass is 10.1. The lowest BCUT2D eigenvalue weighted by Gasteiger charge is -2.35. The summed E-state index contributed by atoms with van der Waals surface area (Å²) in [7, 11) is 0. The maximum Gasteiger partial charge on any atom is 0.253 e. The van der Waals surface area contributed by atoms with Gasteiger partial charge in [0, 0.05) is 63.4 Å². The molecule has 2 amide bonds. The summed E-state index contributed by atoms with van der Waals surface area (Å²) in [5.41, 5.74) is 1.26. The van der Waals surface area contributed by atoms with E-state index >= 15 is 0 Å². The number of imidazole rings is 1. The molecule has 8 heteroatoms. The van der Waals surface area contributed by atoms with E-state index in [1.54, 1.807) is 24.8 Å². The molecule has 8 nitrogen and oxygen atoms in total. The van der Waals surface area contributed by atoms with E-state index in [9.17, 15) is 9.59 Å². The quantitative estimate of drug-likeness (QED) is 0.421. The van der Waals surface area contributed by atoms with Crippen LogP contribution < -0.4 is 10.2 Å². The number of nitrogens with zero attached hydrogens (tertiary/aromatic N) is 5.